The van der Waals surface area contributed by atoms with Gasteiger partial charge in [0.05, 0.1) is 12.3 Å². The first-order valence-corrected chi connectivity index (χ1v) is 8.04. The molecule has 11 heteroatoms. The molecular formula is C15H20BrCuN6OS2-. The molecule has 0 amide bonds. The molecule has 0 saturated heterocycles. The standard InChI is InChI=1S/C15H22N6OS2.BrH.Cu/c1-5-22-12-8-6-11(7-9-12)13(19-21-15(24)17-4)10(2)18-20-14(23)16-3;;/h6-9H,5H2,1-4H3,(H2,16,20,23)(H2,17,21,24);1H;/q;;+2/p-3. The number of rotatable bonds is 6. The Kier molecular flexibility index (Phi) is 15.4. The predicted molar refractivity (Wildman–Crippen MR) is 105 cm³/mol. The number of hydrogen-bond acceptors (Lipinski definition) is 7. The minimum Gasteiger partial charge on any atom is -1.00 e. The monoisotopic (exact) mass is 506 g/mol. The molecule has 0 bridgehead atoms. The Bertz CT molecular complexity index is 665. The minimum atomic E-state index is 0. The van der Waals surface area contributed by atoms with Crippen LogP contribution in [-0.2, 0) is 42.3 Å². The van der Waals surface area contributed by atoms with Crippen LogP contribution in [0.2, 0.25) is 0 Å². The van der Waals surface area contributed by atoms with E-state index in [9.17, 15) is 0 Å². The summed E-state index contributed by atoms with van der Waals surface area (Å²) in [6, 6.07) is 7.45. The quantitative estimate of drug-likeness (QED) is 0.160. The molecular weight excluding hydrogens is 488 g/mol. The van der Waals surface area contributed by atoms with Gasteiger partial charge in [-0.15, -0.1) is 5.10 Å². The van der Waals surface area contributed by atoms with Crippen LogP contribution in [0.3, 0.4) is 0 Å². The number of amidine groups is 2. The van der Waals surface area contributed by atoms with Crippen molar-refractivity contribution in [2.75, 3.05) is 20.7 Å². The number of nitrogens with one attached hydrogen (secondary N) is 2. The molecule has 0 aliphatic carbocycles. The molecule has 0 aliphatic rings. The molecule has 26 heavy (non-hydrogen) atoms. The van der Waals surface area contributed by atoms with E-state index in [0.717, 1.165) is 11.3 Å². The van der Waals surface area contributed by atoms with Crippen LogP contribution in [-0.4, -0.2) is 42.5 Å². The number of halogens is 1. The first kappa shape index (κ1) is 27.0. The van der Waals surface area contributed by atoms with E-state index in [-0.39, 0.29) is 44.4 Å². The van der Waals surface area contributed by atoms with Gasteiger partial charge in [-0.1, -0.05) is 0 Å². The van der Waals surface area contributed by atoms with Gasteiger partial charge in [0.25, 0.3) is 0 Å². The smallest absolute Gasteiger partial charge is 1.00 e. The Hall–Kier alpha value is -1.26. The predicted octanol–water partition coefficient (Wildman–Crippen LogP) is -1.59. The van der Waals surface area contributed by atoms with Crippen molar-refractivity contribution < 1.29 is 38.8 Å². The minimum absolute atomic E-state index is 0. The van der Waals surface area contributed by atoms with Crippen molar-refractivity contribution in [1.29, 1.82) is 0 Å². The van der Waals surface area contributed by atoms with Crippen molar-refractivity contribution >= 4 is 47.0 Å². The summed E-state index contributed by atoms with van der Waals surface area (Å²) in [5.74, 6) is 0.777. The molecule has 0 saturated carbocycles. The maximum Gasteiger partial charge on any atom is 2.00 e. The van der Waals surface area contributed by atoms with Gasteiger partial charge in [-0.05, 0) is 48.4 Å². The SMILES string of the molecule is CCOc1ccc(C(=NN=C([S-])NC)C(C)=NN=C([S-])NC)cc1.[Br-].[Cu+2]. The summed E-state index contributed by atoms with van der Waals surface area (Å²) in [5.41, 5.74) is 1.91. The normalized spacial score (nSPS) is 12.6. The van der Waals surface area contributed by atoms with Gasteiger partial charge in [-0.3, -0.25) is 0 Å². The second-order valence-electron chi connectivity index (χ2n) is 4.40. The van der Waals surface area contributed by atoms with Gasteiger partial charge in [-0.2, -0.15) is 15.3 Å². The topological polar surface area (TPSA) is 82.7 Å². The van der Waals surface area contributed by atoms with Crippen LogP contribution in [0.25, 0.3) is 0 Å². The number of benzene rings is 1. The number of hydrogen-bond donors (Lipinski definition) is 2. The molecule has 0 spiro atoms. The van der Waals surface area contributed by atoms with Crippen molar-refractivity contribution in [3.05, 3.63) is 29.8 Å². The fourth-order valence-electron chi connectivity index (χ4n) is 1.58. The Morgan fingerprint density at radius 2 is 1.46 bits per heavy atom. The Morgan fingerprint density at radius 1 is 0.962 bits per heavy atom. The van der Waals surface area contributed by atoms with Gasteiger partial charge in [0, 0.05) is 19.7 Å². The Balaban J connectivity index is 0. The molecule has 0 aliphatic heterocycles. The average Bonchev–Trinajstić information content (AvgIpc) is 2.61. The first-order chi connectivity index (χ1) is 11.5. The third-order valence-electron chi connectivity index (χ3n) is 2.74. The van der Waals surface area contributed by atoms with E-state index < -0.39 is 0 Å². The molecule has 0 fully saturated rings. The summed E-state index contributed by atoms with van der Waals surface area (Å²) >= 11 is 9.94. The van der Waals surface area contributed by atoms with Gasteiger partial charge >= 0.3 is 17.1 Å². The van der Waals surface area contributed by atoms with E-state index in [2.05, 4.69) is 31.0 Å². The molecule has 0 heterocycles. The molecule has 0 aromatic heterocycles. The fourth-order valence-corrected chi connectivity index (χ4v) is 1.66. The van der Waals surface area contributed by atoms with Gasteiger partial charge < -0.3 is 57.6 Å². The van der Waals surface area contributed by atoms with Gasteiger partial charge in [-0.25, -0.2) is 0 Å². The van der Waals surface area contributed by atoms with Crippen LogP contribution in [0, 0.1) is 0 Å². The summed E-state index contributed by atoms with van der Waals surface area (Å²) in [6.07, 6.45) is 0. The molecule has 147 valence electrons. The average molecular weight is 508 g/mol. The molecule has 7 nitrogen and oxygen atoms in total. The molecule has 1 aromatic rings. The van der Waals surface area contributed by atoms with E-state index in [0.29, 0.717) is 18.0 Å². The zero-order chi connectivity index (χ0) is 17.9. The molecule has 1 radical (unpaired) electrons. The third kappa shape index (κ3) is 9.44. The second-order valence-corrected chi connectivity index (χ2v) is 5.18. The van der Waals surface area contributed by atoms with Crippen molar-refractivity contribution in [1.82, 2.24) is 10.6 Å². The summed E-state index contributed by atoms with van der Waals surface area (Å²) in [7, 11) is 3.36. The van der Waals surface area contributed by atoms with E-state index in [4.69, 9.17) is 30.0 Å². The van der Waals surface area contributed by atoms with Crippen molar-refractivity contribution in [3.8, 4) is 5.75 Å². The van der Waals surface area contributed by atoms with Crippen LogP contribution in [0.4, 0.5) is 0 Å². The Labute approximate surface area is 186 Å². The van der Waals surface area contributed by atoms with Gasteiger partial charge in [0.1, 0.15) is 11.5 Å². The molecule has 1 rings (SSSR count). The van der Waals surface area contributed by atoms with E-state index in [1.165, 1.54) is 0 Å². The summed E-state index contributed by atoms with van der Waals surface area (Å²) in [6.45, 7) is 4.31. The zero-order valence-electron chi connectivity index (χ0n) is 14.7. The van der Waals surface area contributed by atoms with Crippen LogP contribution in [0.1, 0.15) is 19.4 Å². The van der Waals surface area contributed by atoms with Crippen molar-refractivity contribution in [2.45, 2.75) is 13.8 Å². The van der Waals surface area contributed by atoms with Crippen LogP contribution >= 0.6 is 0 Å². The largest absolute Gasteiger partial charge is 2.00 e. The fraction of sp³-hybridized carbons (Fsp3) is 0.333. The van der Waals surface area contributed by atoms with E-state index in [1.54, 1.807) is 21.0 Å². The first-order valence-electron chi connectivity index (χ1n) is 7.22. The van der Waals surface area contributed by atoms with Crippen LogP contribution in [0.5, 0.6) is 5.75 Å². The van der Waals surface area contributed by atoms with E-state index >= 15 is 0 Å². The summed E-state index contributed by atoms with van der Waals surface area (Å²) < 4.78 is 5.44. The van der Waals surface area contributed by atoms with Crippen LogP contribution in [0.15, 0.2) is 44.7 Å². The number of ether oxygens (including phenoxy) is 1. The maximum absolute atomic E-state index is 5.44. The van der Waals surface area contributed by atoms with Gasteiger partial charge in [0.2, 0.25) is 0 Å². The van der Waals surface area contributed by atoms with Crippen molar-refractivity contribution in [3.63, 3.8) is 0 Å². The molecule has 1 aromatic carbocycles. The third-order valence-corrected chi connectivity index (χ3v) is 3.31. The zero-order valence-corrected chi connectivity index (χ0v) is 18.9. The van der Waals surface area contributed by atoms with E-state index in [1.807, 2.05) is 31.2 Å². The van der Waals surface area contributed by atoms with Gasteiger partial charge in [0.15, 0.2) is 0 Å². The summed E-state index contributed by atoms with van der Waals surface area (Å²) in [5, 5.41) is 22.1. The maximum atomic E-state index is 5.44. The molecule has 0 unspecified atom stereocenters. The van der Waals surface area contributed by atoms with Crippen molar-refractivity contribution in [2.24, 2.45) is 20.4 Å². The molecule has 0 atom stereocenters. The number of nitrogens with zero attached hydrogens (tertiary/aromatic N) is 4. The molecule has 2 N–H and O–H groups in total. The van der Waals surface area contributed by atoms with Crippen LogP contribution < -0.4 is 32.4 Å². The Morgan fingerprint density at radius 3 is 1.92 bits per heavy atom. The summed E-state index contributed by atoms with van der Waals surface area (Å²) in [4.78, 5) is 0. The second kappa shape index (κ2) is 14.9.